The van der Waals surface area contributed by atoms with Gasteiger partial charge in [0, 0.05) is 11.8 Å². The van der Waals surface area contributed by atoms with E-state index in [2.05, 4.69) is 10.6 Å². The smallest absolute Gasteiger partial charge is 0.243 e. The van der Waals surface area contributed by atoms with Crippen molar-refractivity contribution in [2.45, 2.75) is 19.9 Å². The van der Waals surface area contributed by atoms with E-state index in [1.165, 1.54) is 19.2 Å². The molecule has 0 saturated carbocycles. The number of ether oxygens (including phenoxy) is 2. The van der Waals surface area contributed by atoms with Crippen molar-refractivity contribution in [3.63, 3.8) is 0 Å². The number of hydrogen-bond donors (Lipinski definition) is 3. The Hall–Kier alpha value is -3.13. The molecule has 0 aliphatic carbocycles. The molecule has 28 heavy (non-hydrogen) atoms. The first kappa shape index (κ1) is 21.2. The van der Waals surface area contributed by atoms with Crippen molar-refractivity contribution in [1.29, 1.82) is 0 Å². The maximum Gasteiger partial charge on any atom is 0.243 e. The third-order valence-electron chi connectivity index (χ3n) is 3.95. The third kappa shape index (κ3) is 5.68. The number of nitrogens with two attached hydrogens (primary N) is 1. The minimum absolute atomic E-state index is 0.0151. The van der Waals surface area contributed by atoms with E-state index in [4.69, 9.17) is 15.2 Å². The van der Waals surface area contributed by atoms with Crippen LogP contribution >= 0.6 is 0 Å². The van der Waals surface area contributed by atoms with E-state index in [-0.39, 0.29) is 23.9 Å². The van der Waals surface area contributed by atoms with Crippen molar-refractivity contribution in [2.75, 3.05) is 19.0 Å². The highest BCUT2D eigenvalue weighted by molar-refractivity contribution is 5.95. The molecule has 2 rings (SSSR count). The highest BCUT2D eigenvalue weighted by atomic mass is 19.1. The number of hydrogen-bond acceptors (Lipinski definition) is 5. The number of carbonyl (C=O) groups excluding carboxylic acids is 2. The lowest BCUT2D eigenvalue weighted by Crippen LogP contribution is -2.46. The summed E-state index contributed by atoms with van der Waals surface area (Å²) in [4.78, 5) is 23.7. The van der Waals surface area contributed by atoms with Crippen LogP contribution in [0, 0.1) is 11.7 Å². The zero-order valence-electron chi connectivity index (χ0n) is 16.0. The van der Waals surface area contributed by atoms with Gasteiger partial charge in [-0.25, -0.2) is 4.39 Å². The molecule has 0 aromatic heterocycles. The molecule has 0 unspecified atom stereocenters. The van der Waals surface area contributed by atoms with Crippen molar-refractivity contribution >= 4 is 17.5 Å². The van der Waals surface area contributed by atoms with Crippen LogP contribution in [0.2, 0.25) is 0 Å². The Balaban J connectivity index is 1.96. The van der Waals surface area contributed by atoms with Crippen LogP contribution in [0.1, 0.15) is 13.8 Å². The lowest BCUT2D eigenvalue weighted by atomic mass is 10.1. The molecule has 0 spiro atoms. The second kappa shape index (κ2) is 9.70. The second-order valence-electron chi connectivity index (χ2n) is 6.43. The first-order valence-corrected chi connectivity index (χ1v) is 8.75. The lowest BCUT2D eigenvalue weighted by Gasteiger charge is -2.15. The number of anilines is 1. The first-order valence-electron chi connectivity index (χ1n) is 8.75. The summed E-state index contributed by atoms with van der Waals surface area (Å²) < 4.78 is 25.0. The number of methoxy groups -OCH3 is 1. The van der Waals surface area contributed by atoms with E-state index in [0.717, 1.165) is 6.07 Å². The summed E-state index contributed by atoms with van der Waals surface area (Å²) in [6.45, 7) is 3.35. The summed E-state index contributed by atoms with van der Waals surface area (Å²) >= 11 is 0. The average molecular weight is 389 g/mol. The molecule has 2 aromatic carbocycles. The maximum absolute atomic E-state index is 14.3. The van der Waals surface area contributed by atoms with E-state index >= 15 is 0 Å². The van der Waals surface area contributed by atoms with Gasteiger partial charge in [-0.1, -0.05) is 26.0 Å². The summed E-state index contributed by atoms with van der Waals surface area (Å²) in [5.41, 5.74) is 5.94. The Morgan fingerprint density at radius 3 is 2.39 bits per heavy atom. The summed E-state index contributed by atoms with van der Waals surface area (Å²) in [6.07, 6.45) is 0. The molecule has 0 aliphatic heterocycles. The van der Waals surface area contributed by atoms with Gasteiger partial charge >= 0.3 is 0 Å². The number of nitrogens with one attached hydrogen (secondary N) is 2. The molecule has 0 fully saturated rings. The van der Waals surface area contributed by atoms with Gasteiger partial charge < -0.3 is 25.8 Å². The predicted molar refractivity (Wildman–Crippen MR) is 104 cm³/mol. The molecular weight excluding hydrogens is 365 g/mol. The molecule has 2 amide bonds. The zero-order valence-corrected chi connectivity index (χ0v) is 16.0. The fourth-order valence-electron chi connectivity index (χ4n) is 2.28. The van der Waals surface area contributed by atoms with Gasteiger partial charge in [0.15, 0.2) is 23.1 Å². The number of amides is 2. The minimum atomic E-state index is -0.698. The van der Waals surface area contributed by atoms with Crippen molar-refractivity contribution in [3.05, 3.63) is 48.3 Å². The normalized spacial score (nSPS) is 11.6. The van der Waals surface area contributed by atoms with Crippen LogP contribution < -0.4 is 25.8 Å². The maximum atomic E-state index is 14.3. The molecule has 4 N–H and O–H groups in total. The van der Waals surface area contributed by atoms with Gasteiger partial charge in [0.2, 0.25) is 11.8 Å². The first-order chi connectivity index (χ1) is 13.3. The molecule has 0 bridgehead atoms. The minimum Gasteiger partial charge on any atom is -0.493 e. The van der Waals surface area contributed by atoms with Crippen molar-refractivity contribution < 1.29 is 23.5 Å². The van der Waals surface area contributed by atoms with E-state index in [0.29, 0.717) is 11.5 Å². The number of para-hydroxylation sites is 2. The summed E-state index contributed by atoms with van der Waals surface area (Å²) in [6, 6.07) is 10.2. The highest BCUT2D eigenvalue weighted by Crippen LogP contribution is 2.33. The number of halogens is 1. The second-order valence-corrected chi connectivity index (χ2v) is 6.43. The van der Waals surface area contributed by atoms with Gasteiger partial charge in [-0.05, 0) is 30.2 Å². The molecule has 7 nitrogen and oxygen atoms in total. The molecule has 0 saturated heterocycles. The molecule has 1 atom stereocenters. The fraction of sp³-hybridized carbons (Fsp3) is 0.300. The van der Waals surface area contributed by atoms with E-state index < -0.39 is 23.7 Å². The summed E-state index contributed by atoms with van der Waals surface area (Å²) in [5, 5.41) is 4.95. The topological polar surface area (TPSA) is 103 Å². The Kier molecular flexibility index (Phi) is 7.34. The molecule has 8 heteroatoms. The monoisotopic (exact) mass is 389 g/mol. The van der Waals surface area contributed by atoms with Crippen LogP contribution in [0.5, 0.6) is 17.2 Å². The number of rotatable bonds is 8. The van der Waals surface area contributed by atoms with E-state index in [1.54, 1.807) is 24.3 Å². The average Bonchev–Trinajstić information content (AvgIpc) is 2.67. The van der Waals surface area contributed by atoms with Gasteiger partial charge in [0.1, 0.15) is 0 Å². The van der Waals surface area contributed by atoms with Crippen LogP contribution in [0.3, 0.4) is 0 Å². The van der Waals surface area contributed by atoms with E-state index in [1.807, 2.05) is 13.8 Å². The van der Waals surface area contributed by atoms with Crippen LogP contribution in [0.4, 0.5) is 10.1 Å². The van der Waals surface area contributed by atoms with Gasteiger partial charge in [-0.2, -0.15) is 0 Å². The lowest BCUT2D eigenvalue weighted by molar-refractivity contribution is -0.125. The number of carbonyl (C=O) groups is 2. The van der Waals surface area contributed by atoms with Gasteiger partial charge in [0.05, 0.1) is 19.7 Å². The zero-order chi connectivity index (χ0) is 20.7. The molecule has 0 aliphatic rings. The van der Waals surface area contributed by atoms with Crippen LogP contribution in [-0.4, -0.2) is 31.5 Å². The van der Waals surface area contributed by atoms with Gasteiger partial charge in [-0.15, -0.1) is 0 Å². The summed E-state index contributed by atoms with van der Waals surface area (Å²) in [5.74, 6) is -0.806. The Morgan fingerprint density at radius 2 is 1.79 bits per heavy atom. The Bertz CT molecular complexity index is 842. The third-order valence-corrected chi connectivity index (χ3v) is 3.95. The van der Waals surface area contributed by atoms with Crippen LogP contribution in [-0.2, 0) is 9.59 Å². The SMILES string of the molecule is COc1ccccc1Oc1ccc(NC(=O)CNC(=O)[C@@H](N)C(C)C)cc1F. The Morgan fingerprint density at radius 1 is 1.11 bits per heavy atom. The largest absolute Gasteiger partial charge is 0.493 e. The number of benzene rings is 2. The standard InChI is InChI=1S/C20H24FN3O4/c1-12(2)19(22)20(26)23-11-18(25)24-13-8-9-15(14(21)10-13)28-17-7-5-4-6-16(17)27-3/h4-10,12,19H,11,22H2,1-3H3,(H,23,26)(H,24,25)/t19-/m0/s1. The Labute approximate surface area is 163 Å². The van der Waals surface area contributed by atoms with E-state index in [9.17, 15) is 14.0 Å². The van der Waals surface area contributed by atoms with Crippen molar-refractivity contribution in [2.24, 2.45) is 11.7 Å². The van der Waals surface area contributed by atoms with Crippen molar-refractivity contribution in [1.82, 2.24) is 5.32 Å². The van der Waals surface area contributed by atoms with Crippen molar-refractivity contribution in [3.8, 4) is 17.2 Å². The fourth-order valence-corrected chi connectivity index (χ4v) is 2.28. The van der Waals surface area contributed by atoms with Gasteiger partial charge in [-0.3, -0.25) is 9.59 Å². The van der Waals surface area contributed by atoms with Crippen LogP contribution in [0.15, 0.2) is 42.5 Å². The molecule has 2 aromatic rings. The molecule has 0 radical (unpaired) electrons. The quantitative estimate of drug-likeness (QED) is 0.644. The summed E-state index contributed by atoms with van der Waals surface area (Å²) in [7, 11) is 1.49. The van der Waals surface area contributed by atoms with Crippen LogP contribution in [0.25, 0.3) is 0 Å². The molecular formula is C20H24FN3O4. The molecule has 0 heterocycles. The molecule has 150 valence electrons. The van der Waals surface area contributed by atoms with Gasteiger partial charge in [0.25, 0.3) is 0 Å². The highest BCUT2D eigenvalue weighted by Gasteiger charge is 2.18. The predicted octanol–water partition coefficient (Wildman–Crippen LogP) is 2.66.